The summed E-state index contributed by atoms with van der Waals surface area (Å²) in [6.45, 7) is 5.33. The van der Waals surface area contributed by atoms with Crippen LogP contribution in [0.3, 0.4) is 0 Å². The smallest absolute Gasteiger partial charge is 0.303 e. The van der Waals surface area contributed by atoms with Gasteiger partial charge in [-0.05, 0) is 65.3 Å². The van der Waals surface area contributed by atoms with Gasteiger partial charge in [0.25, 0.3) is 5.91 Å². The van der Waals surface area contributed by atoms with Crippen LogP contribution in [0.1, 0.15) is 26.3 Å². The lowest BCUT2D eigenvalue weighted by molar-refractivity contribution is -0.143. The molecule has 0 N–H and O–H groups in total. The van der Waals surface area contributed by atoms with Crippen LogP contribution in [0.2, 0.25) is 0 Å². The van der Waals surface area contributed by atoms with E-state index >= 15 is 0 Å². The molecule has 0 radical (unpaired) electrons. The summed E-state index contributed by atoms with van der Waals surface area (Å²) in [5, 5.41) is 0. The van der Waals surface area contributed by atoms with Gasteiger partial charge in [0.1, 0.15) is 11.6 Å². The standard InChI is InChI=1S/C20H20INO3/c1-12-11-20(13(2)10-16(12)25-14(3)23)17(15-8-6-5-7-9-15)18(21)19(24)22(20)4/h5-11,16H,1-4H3/t16-,20-/m1/s1. The van der Waals surface area contributed by atoms with Gasteiger partial charge in [0.15, 0.2) is 0 Å². The van der Waals surface area contributed by atoms with Gasteiger partial charge in [-0.3, -0.25) is 9.59 Å². The third-order valence-corrected chi connectivity index (χ3v) is 5.87. The zero-order chi connectivity index (χ0) is 18.4. The van der Waals surface area contributed by atoms with Crippen molar-refractivity contribution in [3.63, 3.8) is 0 Å². The van der Waals surface area contributed by atoms with Crippen LogP contribution in [0.5, 0.6) is 0 Å². The first kappa shape index (κ1) is 17.9. The molecule has 2 aliphatic rings. The van der Waals surface area contributed by atoms with E-state index in [1.54, 1.807) is 4.90 Å². The van der Waals surface area contributed by atoms with E-state index in [-0.39, 0.29) is 18.0 Å². The third kappa shape index (κ3) is 2.74. The van der Waals surface area contributed by atoms with Crippen LogP contribution < -0.4 is 0 Å². The highest BCUT2D eigenvalue weighted by molar-refractivity contribution is 14.1. The molecule has 0 fully saturated rings. The Labute approximate surface area is 161 Å². The van der Waals surface area contributed by atoms with Gasteiger partial charge in [-0.1, -0.05) is 30.3 Å². The molecule has 1 aromatic carbocycles. The summed E-state index contributed by atoms with van der Waals surface area (Å²) in [5.74, 6) is -0.316. The number of hydrogen-bond donors (Lipinski definition) is 0. The fourth-order valence-electron chi connectivity index (χ4n) is 3.65. The normalized spacial score (nSPS) is 26.0. The average molecular weight is 449 g/mol. The minimum absolute atomic E-state index is 0.00203. The summed E-state index contributed by atoms with van der Waals surface area (Å²) >= 11 is 2.14. The van der Waals surface area contributed by atoms with Crippen LogP contribution >= 0.6 is 22.6 Å². The molecule has 0 saturated carbocycles. The predicted molar refractivity (Wildman–Crippen MR) is 106 cm³/mol. The predicted octanol–water partition coefficient (Wildman–Crippen LogP) is 3.88. The minimum Gasteiger partial charge on any atom is -0.454 e. The molecule has 0 bridgehead atoms. The molecule has 1 amide bonds. The lowest BCUT2D eigenvalue weighted by Gasteiger charge is -2.41. The van der Waals surface area contributed by atoms with Gasteiger partial charge < -0.3 is 9.64 Å². The quantitative estimate of drug-likeness (QED) is 0.391. The summed E-state index contributed by atoms with van der Waals surface area (Å²) in [7, 11) is 1.82. The number of rotatable bonds is 2. The number of carbonyl (C=O) groups is 2. The van der Waals surface area contributed by atoms with Crippen molar-refractivity contribution >= 4 is 40.0 Å². The van der Waals surface area contributed by atoms with Crippen LogP contribution in [-0.2, 0) is 14.3 Å². The molecule has 0 saturated heterocycles. The molecule has 3 rings (SSSR count). The Morgan fingerprint density at radius 1 is 1.24 bits per heavy atom. The Kier molecular flexibility index (Phi) is 4.62. The van der Waals surface area contributed by atoms with Crippen molar-refractivity contribution in [1.29, 1.82) is 0 Å². The van der Waals surface area contributed by atoms with Crippen molar-refractivity contribution in [3.05, 3.63) is 62.8 Å². The second kappa shape index (κ2) is 6.44. The van der Waals surface area contributed by atoms with Gasteiger partial charge in [-0.25, -0.2) is 0 Å². The van der Waals surface area contributed by atoms with Crippen molar-refractivity contribution in [2.24, 2.45) is 0 Å². The van der Waals surface area contributed by atoms with Crippen molar-refractivity contribution in [3.8, 4) is 0 Å². The molecule has 130 valence electrons. The van der Waals surface area contributed by atoms with E-state index in [9.17, 15) is 9.59 Å². The van der Waals surface area contributed by atoms with Gasteiger partial charge in [0, 0.05) is 19.5 Å². The van der Waals surface area contributed by atoms with Gasteiger partial charge >= 0.3 is 5.97 Å². The highest BCUT2D eigenvalue weighted by Crippen LogP contribution is 2.50. The lowest BCUT2D eigenvalue weighted by Crippen LogP contribution is -2.47. The first-order valence-electron chi connectivity index (χ1n) is 8.08. The Bertz CT molecular complexity index is 838. The zero-order valence-corrected chi connectivity index (χ0v) is 16.8. The number of benzene rings is 1. The lowest BCUT2D eigenvalue weighted by atomic mass is 9.75. The van der Waals surface area contributed by atoms with Gasteiger partial charge in [-0.2, -0.15) is 0 Å². The molecule has 2 atom stereocenters. The van der Waals surface area contributed by atoms with Crippen LogP contribution in [0.4, 0.5) is 0 Å². The summed E-state index contributed by atoms with van der Waals surface area (Å²) in [6, 6.07) is 9.96. The van der Waals surface area contributed by atoms with Crippen LogP contribution in [-0.4, -0.2) is 35.5 Å². The second-order valence-electron chi connectivity index (χ2n) is 6.45. The number of ether oxygens (including phenoxy) is 1. The molecule has 0 aromatic heterocycles. The molecule has 25 heavy (non-hydrogen) atoms. The van der Waals surface area contributed by atoms with Crippen molar-refractivity contribution in [2.75, 3.05) is 7.05 Å². The summed E-state index contributed by atoms with van der Waals surface area (Å²) in [5.41, 5.74) is 3.25. The molecular formula is C20H20INO3. The summed E-state index contributed by atoms with van der Waals surface area (Å²) in [6.07, 6.45) is 3.61. The maximum absolute atomic E-state index is 12.8. The molecule has 1 aliphatic carbocycles. The van der Waals surface area contributed by atoms with Crippen LogP contribution in [0.15, 0.2) is 57.2 Å². The monoisotopic (exact) mass is 449 g/mol. The molecule has 5 heteroatoms. The zero-order valence-electron chi connectivity index (χ0n) is 14.7. The molecule has 1 aliphatic heterocycles. The molecular weight excluding hydrogens is 429 g/mol. The number of amides is 1. The number of nitrogens with zero attached hydrogens (tertiary/aromatic N) is 1. The summed E-state index contributed by atoms with van der Waals surface area (Å²) in [4.78, 5) is 25.9. The first-order chi connectivity index (χ1) is 11.8. The van der Waals surface area contributed by atoms with Crippen LogP contribution in [0, 0.1) is 0 Å². The largest absolute Gasteiger partial charge is 0.454 e. The van der Waals surface area contributed by atoms with E-state index < -0.39 is 5.54 Å². The van der Waals surface area contributed by atoms with E-state index in [0.717, 1.165) is 22.3 Å². The van der Waals surface area contributed by atoms with E-state index in [2.05, 4.69) is 28.7 Å². The van der Waals surface area contributed by atoms with E-state index in [1.165, 1.54) is 6.92 Å². The highest BCUT2D eigenvalue weighted by Gasteiger charge is 2.51. The molecule has 0 unspecified atom stereocenters. The fourth-order valence-corrected chi connectivity index (χ4v) is 4.73. The number of esters is 1. The molecule has 1 aromatic rings. The number of hydrogen-bond acceptors (Lipinski definition) is 3. The number of carbonyl (C=O) groups excluding carboxylic acids is 2. The topological polar surface area (TPSA) is 46.6 Å². The Balaban J connectivity index is 2.20. The molecule has 1 heterocycles. The number of likely N-dealkylation sites (N-methyl/N-ethyl adjacent to an activating group) is 1. The van der Waals surface area contributed by atoms with Crippen LogP contribution in [0.25, 0.3) is 5.57 Å². The van der Waals surface area contributed by atoms with Crippen molar-refractivity contribution < 1.29 is 14.3 Å². The summed E-state index contributed by atoms with van der Waals surface area (Å²) < 4.78 is 6.12. The maximum atomic E-state index is 12.8. The van der Waals surface area contributed by atoms with Crippen molar-refractivity contribution in [2.45, 2.75) is 32.4 Å². The fraction of sp³-hybridized carbons (Fsp3) is 0.300. The first-order valence-corrected chi connectivity index (χ1v) is 9.16. The van der Waals surface area contributed by atoms with Gasteiger partial charge in [0.05, 0.1) is 3.58 Å². The van der Waals surface area contributed by atoms with Crippen molar-refractivity contribution in [1.82, 2.24) is 4.90 Å². The molecule has 4 nitrogen and oxygen atoms in total. The van der Waals surface area contributed by atoms with E-state index in [1.807, 2.05) is 57.3 Å². The van der Waals surface area contributed by atoms with E-state index in [0.29, 0.717) is 3.58 Å². The second-order valence-corrected chi connectivity index (χ2v) is 7.53. The average Bonchev–Trinajstić information content (AvgIpc) is 2.75. The van der Waals surface area contributed by atoms with Gasteiger partial charge in [-0.15, -0.1) is 0 Å². The Morgan fingerprint density at radius 3 is 2.48 bits per heavy atom. The number of halogens is 1. The van der Waals surface area contributed by atoms with E-state index in [4.69, 9.17) is 4.74 Å². The van der Waals surface area contributed by atoms with Gasteiger partial charge in [0.2, 0.25) is 0 Å². The SMILES string of the molecule is CC(=O)O[C@@H]1C=C(C)[C@]2(C=C1C)C(c1ccccc1)=C(I)C(=O)N2C. The minimum atomic E-state index is -0.643. The highest BCUT2D eigenvalue weighted by atomic mass is 127. The molecule has 1 spiro atoms. The maximum Gasteiger partial charge on any atom is 0.303 e. The third-order valence-electron chi connectivity index (χ3n) is 4.87. The Morgan fingerprint density at radius 2 is 1.88 bits per heavy atom. The Hall–Kier alpha value is -1.89.